The molecule has 1 unspecified atom stereocenters. The van der Waals surface area contributed by atoms with Gasteiger partial charge in [0.15, 0.2) is 0 Å². The number of carboxylic acid groups (broad SMARTS) is 1. The topological polar surface area (TPSA) is 102 Å². The third-order valence-corrected chi connectivity index (χ3v) is 3.38. The zero-order valence-electron chi connectivity index (χ0n) is 10.1. The van der Waals surface area contributed by atoms with Gasteiger partial charge in [-0.05, 0) is 48.0 Å². The van der Waals surface area contributed by atoms with E-state index < -0.39 is 17.2 Å². The van der Waals surface area contributed by atoms with Gasteiger partial charge < -0.3 is 9.66 Å². The van der Waals surface area contributed by atoms with Gasteiger partial charge in [-0.1, -0.05) is 6.07 Å². The molecule has 0 saturated heterocycles. The van der Waals surface area contributed by atoms with E-state index in [0.29, 0.717) is 23.5 Å². The number of carbonyl (C=O) groups is 1. The molecule has 1 atom stereocenters. The monoisotopic (exact) mass is 281 g/mol. The Labute approximate surface area is 112 Å². The maximum Gasteiger partial charge on any atom is 0.409 e. The third kappa shape index (κ3) is 3.87. The van der Waals surface area contributed by atoms with Crippen LogP contribution in [0.4, 0.5) is 16.2 Å². The fourth-order valence-electron chi connectivity index (χ4n) is 2.03. The predicted molar refractivity (Wildman–Crippen MR) is 71.9 cm³/mol. The normalized spacial score (nSPS) is 15.9. The SMILES string of the molecule is O=C(O)Nc1ccc2c(c1)N=C(CS(=O)[O-])CCC2. The van der Waals surface area contributed by atoms with Gasteiger partial charge in [-0.25, -0.2) is 4.79 Å². The number of hydrogen-bond acceptors (Lipinski definition) is 4. The Morgan fingerprint density at radius 2 is 2.26 bits per heavy atom. The number of nitrogens with one attached hydrogen (secondary N) is 1. The van der Waals surface area contributed by atoms with Crippen LogP contribution in [0.1, 0.15) is 18.4 Å². The Kier molecular flexibility index (Phi) is 4.28. The van der Waals surface area contributed by atoms with Crippen LogP contribution in [0.25, 0.3) is 0 Å². The van der Waals surface area contributed by atoms with Crippen LogP contribution in [0, 0.1) is 0 Å². The smallest absolute Gasteiger partial charge is 0.409 e. The molecule has 2 N–H and O–H groups in total. The molecule has 0 fully saturated rings. The number of nitrogens with zero attached hydrogens (tertiary/aromatic N) is 1. The highest BCUT2D eigenvalue weighted by Crippen LogP contribution is 2.28. The number of amides is 1. The lowest BCUT2D eigenvalue weighted by atomic mass is 10.1. The Morgan fingerprint density at radius 3 is 2.95 bits per heavy atom. The van der Waals surface area contributed by atoms with Crippen molar-refractivity contribution in [3.8, 4) is 0 Å². The first kappa shape index (κ1) is 13.7. The van der Waals surface area contributed by atoms with E-state index in [1.54, 1.807) is 12.1 Å². The predicted octanol–water partition coefficient (Wildman–Crippen LogP) is 2.06. The van der Waals surface area contributed by atoms with Gasteiger partial charge in [0.25, 0.3) is 0 Å². The second-order valence-electron chi connectivity index (χ2n) is 4.25. The average molecular weight is 281 g/mol. The Balaban J connectivity index is 2.31. The highest BCUT2D eigenvalue weighted by Gasteiger charge is 2.11. The summed E-state index contributed by atoms with van der Waals surface area (Å²) in [6.07, 6.45) is 1.15. The maximum atomic E-state index is 10.7. The summed E-state index contributed by atoms with van der Waals surface area (Å²) >= 11 is -2.15. The van der Waals surface area contributed by atoms with Crippen LogP contribution >= 0.6 is 0 Å². The molecule has 0 spiro atoms. The van der Waals surface area contributed by atoms with E-state index in [1.807, 2.05) is 6.07 Å². The minimum atomic E-state index is -2.15. The van der Waals surface area contributed by atoms with Crippen molar-refractivity contribution in [1.82, 2.24) is 0 Å². The highest BCUT2D eigenvalue weighted by atomic mass is 32.2. The van der Waals surface area contributed by atoms with Gasteiger partial charge in [0.1, 0.15) is 0 Å². The molecule has 0 aromatic heterocycles. The summed E-state index contributed by atoms with van der Waals surface area (Å²) in [7, 11) is 0. The Hall–Kier alpha value is -1.73. The molecule has 102 valence electrons. The fraction of sp³-hybridized carbons (Fsp3) is 0.333. The summed E-state index contributed by atoms with van der Waals surface area (Å²) in [6.45, 7) is 0. The summed E-state index contributed by atoms with van der Waals surface area (Å²) in [4.78, 5) is 14.9. The van der Waals surface area contributed by atoms with Gasteiger partial charge in [-0.15, -0.1) is 0 Å². The second-order valence-corrected chi connectivity index (χ2v) is 5.15. The van der Waals surface area contributed by atoms with Crippen LogP contribution < -0.4 is 5.32 Å². The first-order chi connectivity index (χ1) is 9.04. The number of aliphatic imine (C=N–C) groups is 1. The van der Waals surface area contributed by atoms with E-state index in [1.165, 1.54) is 0 Å². The van der Waals surface area contributed by atoms with Gasteiger partial charge in [0.05, 0.1) is 5.69 Å². The van der Waals surface area contributed by atoms with E-state index in [2.05, 4.69) is 10.3 Å². The average Bonchev–Trinajstić information content (AvgIpc) is 2.48. The van der Waals surface area contributed by atoms with Crippen LogP contribution in [0.2, 0.25) is 0 Å². The van der Waals surface area contributed by atoms with Crippen molar-refractivity contribution in [1.29, 1.82) is 0 Å². The van der Waals surface area contributed by atoms with Crippen molar-refractivity contribution in [2.24, 2.45) is 4.99 Å². The zero-order chi connectivity index (χ0) is 13.8. The van der Waals surface area contributed by atoms with Crippen molar-refractivity contribution in [3.63, 3.8) is 0 Å². The molecule has 0 saturated carbocycles. The number of anilines is 1. The quantitative estimate of drug-likeness (QED) is 0.828. The van der Waals surface area contributed by atoms with Crippen molar-refractivity contribution >= 4 is 34.3 Å². The second kappa shape index (κ2) is 5.94. The molecule has 19 heavy (non-hydrogen) atoms. The third-order valence-electron chi connectivity index (χ3n) is 2.81. The van der Waals surface area contributed by atoms with E-state index in [0.717, 1.165) is 18.4 Å². The van der Waals surface area contributed by atoms with E-state index in [9.17, 15) is 13.6 Å². The Bertz CT molecular complexity index is 557. The molecular weight excluding hydrogens is 268 g/mol. The van der Waals surface area contributed by atoms with Crippen LogP contribution in [-0.4, -0.2) is 31.4 Å². The first-order valence-corrected chi connectivity index (χ1v) is 7.04. The van der Waals surface area contributed by atoms with E-state index >= 15 is 0 Å². The molecule has 0 radical (unpaired) electrons. The molecule has 1 aromatic carbocycles. The lowest BCUT2D eigenvalue weighted by Crippen LogP contribution is -2.09. The molecule has 0 bridgehead atoms. The molecule has 1 heterocycles. The summed E-state index contributed by atoms with van der Waals surface area (Å²) in [5, 5.41) is 10.9. The van der Waals surface area contributed by atoms with E-state index in [-0.39, 0.29) is 5.75 Å². The molecule has 1 aliphatic heterocycles. The molecule has 6 nitrogen and oxygen atoms in total. The number of benzene rings is 1. The lowest BCUT2D eigenvalue weighted by molar-refractivity contribution is 0.210. The maximum absolute atomic E-state index is 10.7. The van der Waals surface area contributed by atoms with Crippen LogP contribution in [0.5, 0.6) is 0 Å². The van der Waals surface area contributed by atoms with Crippen molar-refractivity contribution < 1.29 is 18.7 Å². The number of aryl methyl sites for hydroxylation is 1. The highest BCUT2D eigenvalue weighted by molar-refractivity contribution is 7.79. The minimum absolute atomic E-state index is 0.0734. The van der Waals surface area contributed by atoms with E-state index in [4.69, 9.17) is 5.11 Å². The number of rotatable bonds is 3. The van der Waals surface area contributed by atoms with Gasteiger partial charge in [0.2, 0.25) is 0 Å². The van der Waals surface area contributed by atoms with Crippen LogP contribution in [0.15, 0.2) is 23.2 Å². The van der Waals surface area contributed by atoms with Gasteiger partial charge in [0, 0.05) is 17.2 Å². The lowest BCUT2D eigenvalue weighted by Gasteiger charge is -2.07. The van der Waals surface area contributed by atoms with Crippen LogP contribution in [-0.2, 0) is 17.5 Å². The molecule has 0 aliphatic carbocycles. The van der Waals surface area contributed by atoms with Gasteiger partial charge in [-0.2, -0.15) is 0 Å². The molecule has 1 aliphatic rings. The Morgan fingerprint density at radius 1 is 1.47 bits per heavy atom. The standard InChI is InChI=1S/C12H14N2O4S/c15-12(16)14-9-5-4-8-2-1-3-10(7-19(17)18)13-11(8)6-9/h4-6,14H,1-3,7H2,(H,15,16)(H,17,18)/p-1. The van der Waals surface area contributed by atoms with Crippen molar-refractivity contribution in [2.75, 3.05) is 11.1 Å². The fourth-order valence-corrected chi connectivity index (χ4v) is 2.51. The summed E-state index contributed by atoms with van der Waals surface area (Å²) in [6, 6.07) is 5.13. The zero-order valence-corrected chi connectivity index (χ0v) is 10.9. The van der Waals surface area contributed by atoms with Gasteiger partial charge in [-0.3, -0.25) is 14.5 Å². The first-order valence-electron chi connectivity index (χ1n) is 5.80. The molecule has 1 aromatic rings. The number of hydrogen-bond donors (Lipinski definition) is 2. The molecular formula is C12H13N2O4S-. The minimum Gasteiger partial charge on any atom is -0.772 e. The number of fused-ring (bicyclic) bond motifs is 1. The summed E-state index contributed by atoms with van der Waals surface area (Å²) in [5.41, 5.74) is 2.69. The van der Waals surface area contributed by atoms with Crippen LogP contribution in [0.3, 0.4) is 0 Å². The molecule has 1 amide bonds. The van der Waals surface area contributed by atoms with Crippen molar-refractivity contribution in [3.05, 3.63) is 23.8 Å². The molecule has 2 rings (SSSR count). The summed E-state index contributed by atoms with van der Waals surface area (Å²) in [5.74, 6) is -0.0734. The van der Waals surface area contributed by atoms with Crippen molar-refractivity contribution in [2.45, 2.75) is 19.3 Å². The van der Waals surface area contributed by atoms with Gasteiger partial charge >= 0.3 is 6.09 Å². The largest absolute Gasteiger partial charge is 0.772 e. The molecule has 7 heteroatoms. The summed E-state index contributed by atoms with van der Waals surface area (Å²) < 4.78 is 21.5.